The van der Waals surface area contributed by atoms with Gasteiger partial charge in [0.05, 0.1) is 0 Å². The van der Waals surface area contributed by atoms with Gasteiger partial charge in [-0.3, -0.25) is 4.79 Å². The Hall–Kier alpha value is -0.370. The first kappa shape index (κ1) is 12.6. The highest BCUT2D eigenvalue weighted by atomic mass is 16.1. The van der Waals surface area contributed by atoms with Crippen LogP contribution >= 0.6 is 0 Å². The maximum Gasteiger partial charge on any atom is 0.136 e. The van der Waals surface area contributed by atoms with Crippen LogP contribution in [0.1, 0.15) is 52.4 Å². The summed E-state index contributed by atoms with van der Waals surface area (Å²) in [5.74, 6) is 0.716. The molecule has 2 nitrogen and oxygen atoms in total. The molecule has 0 aromatic rings. The van der Waals surface area contributed by atoms with E-state index in [2.05, 4.69) is 13.8 Å². The molecule has 78 valence electrons. The lowest BCUT2D eigenvalue weighted by Crippen LogP contribution is -2.15. The van der Waals surface area contributed by atoms with Gasteiger partial charge in [0, 0.05) is 12.3 Å². The van der Waals surface area contributed by atoms with Crippen LogP contribution in [-0.4, -0.2) is 12.3 Å². The number of hydrogen-bond acceptors (Lipinski definition) is 2. The van der Waals surface area contributed by atoms with Crippen LogP contribution in [-0.2, 0) is 4.79 Å². The van der Waals surface area contributed by atoms with Crippen LogP contribution in [0.4, 0.5) is 0 Å². The Bertz CT molecular complexity index is 134. The largest absolute Gasteiger partial charge is 0.330 e. The number of Topliss-reactive ketones (excluding diaryl/α,β-unsaturated/α-hetero) is 1. The molecule has 0 aromatic carbocycles. The fourth-order valence-corrected chi connectivity index (χ4v) is 1.52. The lowest BCUT2D eigenvalue weighted by atomic mass is 9.92. The second-order valence-electron chi connectivity index (χ2n) is 3.61. The molecule has 0 aliphatic carbocycles. The van der Waals surface area contributed by atoms with E-state index in [1.807, 2.05) is 0 Å². The van der Waals surface area contributed by atoms with Gasteiger partial charge in [-0.25, -0.2) is 0 Å². The molecule has 0 aliphatic heterocycles. The van der Waals surface area contributed by atoms with Crippen LogP contribution in [0, 0.1) is 5.92 Å². The molecule has 0 saturated heterocycles. The third-order valence-corrected chi connectivity index (χ3v) is 2.48. The summed E-state index contributed by atoms with van der Waals surface area (Å²) in [6, 6.07) is 0. The third kappa shape index (κ3) is 5.81. The van der Waals surface area contributed by atoms with Crippen molar-refractivity contribution in [1.29, 1.82) is 0 Å². The lowest BCUT2D eigenvalue weighted by Gasteiger charge is -2.12. The third-order valence-electron chi connectivity index (χ3n) is 2.48. The average molecular weight is 185 g/mol. The highest BCUT2D eigenvalue weighted by molar-refractivity contribution is 5.80. The van der Waals surface area contributed by atoms with Crippen LogP contribution in [0.25, 0.3) is 0 Å². The normalized spacial score (nSPS) is 12.8. The second kappa shape index (κ2) is 8.24. The monoisotopic (exact) mass is 185 g/mol. The lowest BCUT2D eigenvalue weighted by molar-refractivity contribution is -0.123. The molecule has 0 spiro atoms. The van der Waals surface area contributed by atoms with Gasteiger partial charge in [-0.2, -0.15) is 0 Å². The van der Waals surface area contributed by atoms with E-state index in [4.69, 9.17) is 5.73 Å². The number of hydrogen-bond donors (Lipinski definition) is 1. The van der Waals surface area contributed by atoms with E-state index < -0.39 is 0 Å². The number of rotatable bonds is 8. The van der Waals surface area contributed by atoms with Crippen molar-refractivity contribution in [3.8, 4) is 0 Å². The molecule has 2 heteroatoms. The van der Waals surface area contributed by atoms with Crippen LogP contribution < -0.4 is 5.73 Å². The Morgan fingerprint density at radius 2 is 2.00 bits per heavy atom. The number of nitrogens with two attached hydrogens (primary N) is 1. The fourth-order valence-electron chi connectivity index (χ4n) is 1.52. The molecule has 0 rings (SSSR count). The molecule has 0 heterocycles. The molecular weight excluding hydrogens is 162 g/mol. The van der Waals surface area contributed by atoms with E-state index in [1.54, 1.807) is 0 Å². The minimum absolute atomic E-state index is 0.298. The summed E-state index contributed by atoms with van der Waals surface area (Å²) in [7, 11) is 0. The van der Waals surface area contributed by atoms with Crippen LogP contribution in [0.3, 0.4) is 0 Å². The standard InChI is InChI=1S/C11H23NO/c1-3-5-7-10(4-2)11(13)8-6-9-12/h10H,3-9,12H2,1-2H3. The predicted octanol–water partition coefficient (Wildman–Crippen LogP) is 2.51. The van der Waals surface area contributed by atoms with E-state index in [9.17, 15) is 4.79 Å². The van der Waals surface area contributed by atoms with Crippen molar-refractivity contribution in [1.82, 2.24) is 0 Å². The van der Waals surface area contributed by atoms with Gasteiger partial charge in [-0.15, -0.1) is 0 Å². The molecule has 0 aromatic heterocycles. The highest BCUT2D eigenvalue weighted by Crippen LogP contribution is 2.15. The molecular formula is C11H23NO. The summed E-state index contributed by atoms with van der Waals surface area (Å²) >= 11 is 0. The van der Waals surface area contributed by atoms with Gasteiger partial charge in [-0.1, -0.05) is 26.7 Å². The highest BCUT2D eigenvalue weighted by Gasteiger charge is 2.14. The molecule has 2 N–H and O–H groups in total. The summed E-state index contributed by atoms with van der Waals surface area (Å²) in [4.78, 5) is 11.6. The Morgan fingerprint density at radius 1 is 1.31 bits per heavy atom. The maximum atomic E-state index is 11.6. The molecule has 0 amide bonds. The molecule has 1 unspecified atom stereocenters. The van der Waals surface area contributed by atoms with E-state index >= 15 is 0 Å². The van der Waals surface area contributed by atoms with Crippen molar-refractivity contribution >= 4 is 5.78 Å². The van der Waals surface area contributed by atoms with Gasteiger partial charge in [-0.05, 0) is 25.8 Å². The topological polar surface area (TPSA) is 43.1 Å². The Labute approximate surface area is 81.9 Å². The molecule has 0 aliphatic rings. The van der Waals surface area contributed by atoms with E-state index in [0.29, 0.717) is 24.7 Å². The number of ketones is 1. The van der Waals surface area contributed by atoms with Crippen LogP contribution in [0.15, 0.2) is 0 Å². The summed E-state index contributed by atoms with van der Waals surface area (Å²) < 4.78 is 0. The minimum atomic E-state index is 0.298. The summed E-state index contributed by atoms with van der Waals surface area (Å²) in [6.45, 7) is 4.90. The summed E-state index contributed by atoms with van der Waals surface area (Å²) in [6.07, 6.45) is 5.94. The fraction of sp³-hybridized carbons (Fsp3) is 0.909. The first-order valence-corrected chi connectivity index (χ1v) is 5.49. The van der Waals surface area contributed by atoms with Crippen molar-refractivity contribution in [3.05, 3.63) is 0 Å². The van der Waals surface area contributed by atoms with Crippen molar-refractivity contribution < 1.29 is 4.79 Å². The van der Waals surface area contributed by atoms with Gasteiger partial charge in [0.15, 0.2) is 0 Å². The Morgan fingerprint density at radius 3 is 2.46 bits per heavy atom. The molecule has 0 radical (unpaired) electrons. The van der Waals surface area contributed by atoms with Gasteiger partial charge in [0.1, 0.15) is 5.78 Å². The van der Waals surface area contributed by atoms with Crippen molar-refractivity contribution in [3.63, 3.8) is 0 Å². The van der Waals surface area contributed by atoms with Crippen LogP contribution in [0.2, 0.25) is 0 Å². The van der Waals surface area contributed by atoms with Crippen molar-refractivity contribution in [2.24, 2.45) is 11.7 Å². The Balaban J connectivity index is 3.71. The quantitative estimate of drug-likeness (QED) is 0.631. The van der Waals surface area contributed by atoms with Crippen molar-refractivity contribution in [2.75, 3.05) is 6.54 Å². The van der Waals surface area contributed by atoms with Crippen LogP contribution in [0.5, 0.6) is 0 Å². The molecule has 0 fully saturated rings. The smallest absolute Gasteiger partial charge is 0.136 e. The summed E-state index contributed by atoms with van der Waals surface area (Å²) in [5.41, 5.74) is 5.37. The number of carbonyl (C=O) groups excluding carboxylic acids is 1. The van der Waals surface area contributed by atoms with E-state index in [1.165, 1.54) is 12.8 Å². The zero-order chi connectivity index (χ0) is 10.1. The molecule has 1 atom stereocenters. The van der Waals surface area contributed by atoms with Gasteiger partial charge in [0.25, 0.3) is 0 Å². The average Bonchev–Trinajstić information content (AvgIpc) is 2.16. The minimum Gasteiger partial charge on any atom is -0.330 e. The zero-order valence-corrected chi connectivity index (χ0v) is 9.01. The number of carbonyl (C=O) groups is 1. The maximum absolute atomic E-state index is 11.6. The van der Waals surface area contributed by atoms with E-state index in [0.717, 1.165) is 19.3 Å². The first-order valence-electron chi connectivity index (χ1n) is 5.49. The SMILES string of the molecule is CCCCC(CC)C(=O)CCCN. The molecule has 13 heavy (non-hydrogen) atoms. The van der Waals surface area contributed by atoms with Gasteiger partial charge < -0.3 is 5.73 Å². The van der Waals surface area contributed by atoms with Gasteiger partial charge in [0.2, 0.25) is 0 Å². The second-order valence-corrected chi connectivity index (χ2v) is 3.61. The summed E-state index contributed by atoms with van der Waals surface area (Å²) in [5, 5.41) is 0. The zero-order valence-electron chi connectivity index (χ0n) is 9.01. The van der Waals surface area contributed by atoms with E-state index in [-0.39, 0.29) is 0 Å². The molecule has 0 bridgehead atoms. The first-order chi connectivity index (χ1) is 6.26. The predicted molar refractivity (Wildman–Crippen MR) is 56.6 cm³/mol. The molecule has 0 saturated carbocycles. The van der Waals surface area contributed by atoms with Crippen molar-refractivity contribution in [2.45, 2.75) is 52.4 Å². The van der Waals surface area contributed by atoms with Gasteiger partial charge >= 0.3 is 0 Å². The number of unbranched alkanes of at least 4 members (excludes halogenated alkanes) is 1. The Kier molecular flexibility index (Phi) is 8.00.